The van der Waals surface area contributed by atoms with E-state index in [-0.39, 0.29) is 23.6 Å². The van der Waals surface area contributed by atoms with Crippen molar-refractivity contribution in [3.8, 4) is 5.75 Å². The van der Waals surface area contributed by atoms with Gasteiger partial charge in [0, 0.05) is 12.1 Å². The number of primary amides is 1. The molecular formula is C12H18N2O2. The van der Waals surface area contributed by atoms with Crippen LogP contribution in [0.25, 0.3) is 0 Å². The van der Waals surface area contributed by atoms with Crippen LogP contribution in [-0.4, -0.2) is 17.1 Å². The first-order valence-electron chi connectivity index (χ1n) is 5.32. The number of carbonyl (C=O) groups excluding carboxylic acids is 1. The lowest BCUT2D eigenvalue weighted by atomic mass is 10.0. The van der Waals surface area contributed by atoms with Crippen LogP contribution in [0.4, 0.5) is 0 Å². The highest BCUT2D eigenvalue weighted by atomic mass is 16.3. The van der Waals surface area contributed by atoms with Gasteiger partial charge in [-0.25, -0.2) is 0 Å². The van der Waals surface area contributed by atoms with E-state index in [4.69, 9.17) is 5.73 Å². The molecule has 0 spiro atoms. The first kappa shape index (κ1) is 12.5. The Labute approximate surface area is 95.5 Å². The van der Waals surface area contributed by atoms with Crippen molar-refractivity contribution in [2.24, 2.45) is 11.7 Å². The number of amides is 1. The fourth-order valence-corrected chi connectivity index (χ4v) is 1.55. The van der Waals surface area contributed by atoms with Gasteiger partial charge in [-0.15, -0.1) is 0 Å². The third-order valence-electron chi connectivity index (χ3n) is 2.48. The Kier molecular flexibility index (Phi) is 4.31. The minimum Gasteiger partial charge on any atom is -0.508 e. The van der Waals surface area contributed by atoms with Crippen LogP contribution in [0, 0.1) is 5.92 Å². The van der Waals surface area contributed by atoms with Crippen molar-refractivity contribution >= 4 is 5.91 Å². The highest BCUT2D eigenvalue weighted by Gasteiger charge is 2.18. The number of rotatable bonds is 5. The van der Waals surface area contributed by atoms with Crippen LogP contribution in [0.5, 0.6) is 5.75 Å². The van der Waals surface area contributed by atoms with E-state index < -0.39 is 0 Å². The molecule has 0 fully saturated rings. The summed E-state index contributed by atoms with van der Waals surface area (Å²) in [7, 11) is 0. The van der Waals surface area contributed by atoms with Gasteiger partial charge in [-0.2, -0.15) is 0 Å². The molecule has 1 rings (SSSR count). The van der Waals surface area contributed by atoms with Crippen molar-refractivity contribution < 1.29 is 9.90 Å². The fourth-order valence-electron chi connectivity index (χ4n) is 1.55. The summed E-state index contributed by atoms with van der Waals surface area (Å²) in [5.74, 6) is -0.0178. The lowest BCUT2D eigenvalue weighted by molar-refractivity contribution is -0.121. The molecule has 1 aromatic carbocycles. The fraction of sp³-hybridized carbons (Fsp3) is 0.417. The maximum absolute atomic E-state index is 11.1. The molecule has 1 amide bonds. The zero-order valence-electron chi connectivity index (χ0n) is 9.60. The molecule has 0 heterocycles. The van der Waals surface area contributed by atoms with Gasteiger partial charge in [-0.1, -0.05) is 32.0 Å². The summed E-state index contributed by atoms with van der Waals surface area (Å²) in [4.78, 5) is 11.1. The average Bonchev–Trinajstić information content (AvgIpc) is 2.20. The maximum atomic E-state index is 11.1. The van der Waals surface area contributed by atoms with Crippen LogP contribution in [0.3, 0.4) is 0 Å². The number of hydrogen-bond acceptors (Lipinski definition) is 3. The molecule has 0 radical (unpaired) electrons. The highest BCUT2D eigenvalue weighted by molar-refractivity contribution is 5.80. The standard InChI is InChI=1S/C12H18N2O2/c1-8(2)11(12(13)16)14-7-9-5-3-4-6-10(9)15/h3-6,8,11,14-15H,7H2,1-2H3,(H2,13,16). The normalized spacial score (nSPS) is 12.7. The largest absolute Gasteiger partial charge is 0.508 e. The molecule has 4 N–H and O–H groups in total. The number of nitrogens with two attached hydrogens (primary N) is 1. The predicted octanol–water partition coefficient (Wildman–Crippen LogP) is 0.992. The third kappa shape index (κ3) is 3.24. The third-order valence-corrected chi connectivity index (χ3v) is 2.48. The monoisotopic (exact) mass is 222 g/mol. The maximum Gasteiger partial charge on any atom is 0.234 e. The lowest BCUT2D eigenvalue weighted by Gasteiger charge is -2.19. The number of nitrogens with one attached hydrogen (secondary N) is 1. The Morgan fingerprint density at radius 3 is 2.56 bits per heavy atom. The molecule has 0 aliphatic carbocycles. The topological polar surface area (TPSA) is 75.3 Å². The summed E-state index contributed by atoms with van der Waals surface area (Å²) < 4.78 is 0. The van der Waals surface area contributed by atoms with Crippen molar-refractivity contribution in [2.45, 2.75) is 26.4 Å². The molecule has 0 aliphatic rings. The molecule has 1 unspecified atom stereocenters. The number of phenols is 1. The summed E-state index contributed by atoms with van der Waals surface area (Å²) in [6, 6.07) is 6.64. The van der Waals surface area contributed by atoms with Crippen molar-refractivity contribution in [3.05, 3.63) is 29.8 Å². The number of hydrogen-bond donors (Lipinski definition) is 3. The van der Waals surface area contributed by atoms with Gasteiger partial charge in [0.15, 0.2) is 0 Å². The molecule has 0 saturated carbocycles. The predicted molar refractivity (Wildman–Crippen MR) is 62.8 cm³/mol. The number of benzene rings is 1. The molecule has 0 aliphatic heterocycles. The van der Waals surface area contributed by atoms with Crippen LogP contribution in [-0.2, 0) is 11.3 Å². The van der Waals surface area contributed by atoms with Gasteiger partial charge in [0.2, 0.25) is 5.91 Å². The molecule has 0 bridgehead atoms. The first-order valence-corrected chi connectivity index (χ1v) is 5.32. The van der Waals surface area contributed by atoms with E-state index in [1.54, 1.807) is 18.2 Å². The van der Waals surface area contributed by atoms with Gasteiger partial charge in [0.05, 0.1) is 6.04 Å². The number of carbonyl (C=O) groups is 1. The van der Waals surface area contributed by atoms with Gasteiger partial charge in [-0.3, -0.25) is 4.79 Å². The average molecular weight is 222 g/mol. The van der Waals surface area contributed by atoms with E-state index in [1.807, 2.05) is 19.9 Å². The smallest absolute Gasteiger partial charge is 0.234 e. The molecular weight excluding hydrogens is 204 g/mol. The van der Waals surface area contributed by atoms with E-state index in [9.17, 15) is 9.90 Å². The van der Waals surface area contributed by atoms with Crippen molar-refractivity contribution in [1.29, 1.82) is 0 Å². The second-order valence-electron chi connectivity index (χ2n) is 4.13. The molecule has 4 heteroatoms. The summed E-state index contributed by atoms with van der Waals surface area (Å²) in [6.45, 7) is 4.28. The molecule has 0 aromatic heterocycles. The van der Waals surface area contributed by atoms with Crippen LogP contribution in [0.1, 0.15) is 19.4 Å². The van der Waals surface area contributed by atoms with E-state index in [1.165, 1.54) is 0 Å². The zero-order chi connectivity index (χ0) is 12.1. The Morgan fingerprint density at radius 1 is 1.44 bits per heavy atom. The number of para-hydroxylation sites is 1. The lowest BCUT2D eigenvalue weighted by Crippen LogP contribution is -2.44. The quantitative estimate of drug-likeness (QED) is 0.695. The molecule has 0 saturated heterocycles. The zero-order valence-corrected chi connectivity index (χ0v) is 9.60. The SMILES string of the molecule is CC(C)C(NCc1ccccc1O)C(N)=O. The van der Waals surface area contributed by atoms with Crippen LogP contribution in [0.15, 0.2) is 24.3 Å². The van der Waals surface area contributed by atoms with E-state index >= 15 is 0 Å². The Hall–Kier alpha value is -1.55. The molecule has 1 atom stereocenters. The summed E-state index contributed by atoms with van der Waals surface area (Å²) in [5.41, 5.74) is 6.03. The molecule has 4 nitrogen and oxygen atoms in total. The van der Waals surface area contributed by atoms with E-state index in [0.29, 0.717) is 6.54 Å². The summed E-state index contributed by atoms with van der Waals surface area (Å²) in [5, 5.41) is 12.6. The summed E-state index contributed by atoms with van der Waals surface area (Å²) in [6.07, 6.45) is 0. The minimum atomic E-state index is -0.375. The second-order valence-corrected chi connectivity index (χ2v) is 4.13. The van der Waals surface area contributed by atoms with E-state index in [0.717, 1.165) is 5.56 Å². The van der Waals surface area contributed by atoms with Gasteiger partial charge in [0.1, 0.15) is 5.75 Å². The van der Waals surface area contributed by atoms with Gasteiger partial charge in [-0.05, 0) is 12.0 Å². The molecule has 88 valence electrons. The van der Waals surface area contributed by atoms with Crippen LogP contribution in [0.2, 0.25) is 0 Å². The van der Waals surface area contributed by atoms with Gasteiger partial charge < -0.3 is 16.2 Å². The number of aromatic hydroxyl groups is 1. The Balaban J connectivity index is 2.63. The molecule has 16 heavy (non-hydrogen) atoms. The van der Waals surface area contributed by atoms with Crippen molar-refractivity contribution in [1.82, 2.24) is 5.32 Å². The van der Waals surface area contributed by atoms with Crippen molar-refractivity contribution in [3.63, 3.8) is 0 Å². The summed E-state index contributed by atoms with van der Waals surface area (Å²) >= 11 is 0. The van der Waals surface area contributed by atoms with Crippen molar-refractivity contribution in [2.75, 3.05) is 0 Å². The number of phenolic OH excluding ortho intramolecular Hbond substituents is 1. The Morgan fingerprint density at radius 2 is 2.06 bits per heavy atom. The molecule has 1 aromatic rings. The van der Waals surface area contributed by atoms with E-state index in [2.05, 4.69) is 5.32 Å². The highest BCUT2D eigenvalue weighted by Crippen LogP contribution is 2.15. The van der Waals surface area contributed by atoms with Crippen LogP contribution >= 0.6 is 0 Å². The first-order chi connectivity index (χ1) is 7.52. The van der Waals surface area contributed by atoms with Crippen LogP contribution < -0.4 is 11.1 Å². The van der Waals surface area contributed by atoms with Gasteiger partial charge in [0.25, 0.3) is 0 Å². The minimum absolute atomic E-state index is 0.128. The second kappa shape index (κ2) is 5.51. The van der Waals surface area contributed by atoms with Gasteiger partial charge >= 0.3 is 0 Å². The Bertz CT molecular complexity index is 364.